The van der Waals surface area contributed by atoms with Gasteiger partial charge in [0.1, 0.15) is 11.5 Å². The molecule has 1 aliphatic rings. The molecule has 0 aliphatic carbocycles. The molecule has 1 aliphatic heterocycles. The molecule has 3 rings (SSSR count). The van der Waals surface area contributed by atoms with E-state index in [2.05, 4.69) is 10.1 Å². The summed E-state index contributed by atoms with van der Waals surface area (Å²) in [5, 5.41) is 5.25. The van der Waals surface area contributed by atoms with Gasteiger partial charge in [-0.2, -0.15) is 0 Å². The van der Waals surface area contributed by atoms with Crippen LogP contribution in [0.25, 0.3) is 5.69 Å². The van der Waals surface area contributed by atoms with Crippen molar-refractivity contribution in [3.05, 3.63) is 39.9 Å². The third-order valence-electron chi connectivity index (χ3n) is 4.27. The smallest absolute Gasteiger partial charge is 0.293 e. The van der Waals surface area contributed by atoms with Gasteiger partial charge in [-0.15, -0.1) is 5.10 Å². The van der Waals surface area contributed by atoms with E-state index in [0.29, 0.717) is 34.6 Å². The molecule has 0 radical (unpaired) electrons. The minimum Gasteiger partial charge on any atom is -0.332 e. The summed E-state index contributed by atoms with van der Waals surface area (Å²) in [4.78, 5) is 18.9. The van der Waals surface area contributed by atoms with Crippen LogP contribution >= 0.6 is 23.2 Å². The van der Waals surface area contributed by atoms with Crippen molar-refractivity contribution in [1.82, 2.24) is 19.7 Å². The summed E-state index contributed by atoms with van der Waals surface area (Å²) in [5.41, 5.74) is 6.33. The number of benzene rings is 1. The molecule has 1 atom stereocenters. The highest BCUT2D eigenvalue weighted by atomic mass is 35.5. The predicted octanol–water partition coefficient (Wildman–Crippen LogP) is 2.84. The SMILES string of the molecule is Cc1nc(C(=O)N2CCCCC2CN)nn1-c1c(Cl)cccc1Cl. The Morgan fingerprint density at radius 2 is 2.04 bits per heavy atom. The lowest BCUT2D eigenvalue weighted by Crippen LogP contribution is -2.47. The van der Waals surface area contributed by atoms with Crippen LogP contribution in [0, 0.1) is 6.92 Å². The fourth-order valence-corrected chi connectivity index (χ4v) is 3.58. The Morgan fingerprint density at radius 1 is 1.33 bits per heavy atom. The first kappa shape index (κ1) is 17.2. The number of carbonyl (C=O) groups excluding carboxylic acids is 1. The van der Waals surface area contributed by atoms with Crippen LogP contribution in [0.2, 0.25) is 10.0 Å². The van der Waals surface area contributed by atoms with Crippen LogP contribution in [0.4, 0.5) is 0 Å². The van der Waals surface area contributed by atoms with Crippen LogP contribution in [0.1, 0.15) is 35.7 Å². The molecule has 2 heterocycles. The zero-order valence-corrected chi connectivity index (χ0v) is 14.9. The fraction of sp³-hybridized carbons (Fsp3) is 0.438. The molecular formula is C16H19Cl2N5O. The number of likely N-dealkylation sites (tertiary alicyclic amines) is 1. The highest BCUT2D eigenvalue weighted by Gasteiger charge is 2.29. The van der Waals surface area contributed by atoms with Crippen molar-refractivity contribution in [3.63, 3.8) is 0 Å². The first-order valence-corrected chi connectivity index (χ1v) is 8.67. The molecule has 24 heavy (non-hydrogen) atoms. The first-order chi connectivity index (χ1) is 11.5. The average molecular weight is 368 g/mol. The summed E-state index contributed by atoms with van der Waals surface area (Å²) < 4.78 is 1.51. The number of rotatable bonds is 3. The Balaban J connectivity index is 1.95. The first-order valence-electron chi connectivity index (χ1n) is 7.92. The second kappa shape index (κ2) is 7.09. The van der Waals surface area contributed by atoms with E-state index in [1.165, 1.54) is 4.68 Å². The van der Waals surface area contributed by atoms with Crippen molar-refractivity contribution < 1.29 is 4.79 Å². The van der Waals surface area contributed by atoms with Gasteiger partial charge in [-0.3, -0.25) is 4.79 Å². The van der Waals surface area contributed by atoms with E-state index < -0.39 is 0 Å². The number of nitrogens with two attached hydrogens (primary N) is 1. The van der Waals surface area contributed by atoms with E-state index in [4.69, 9.17) is 28.9 Å². The summed E-state index contributed by atoms with van der Waals surface area (Å²) in [6.07, 6.45) is 2.97. The Bertz CT molecular complexity index is 741. The van der Waals surface area contributed by atoms with E-state index in [9.17, 15) is 4.79 Å². The summed E-state index contributed by atoms with van der Waals surface area (Å²) in [5.74, 6) is 0.494. The third kappa shape index (κ3) is 3.14. The fourth-order valence-electron chi connectivity index (χ4n) is 3.03. The minimum absolute atomic E-state index is 0.0439. The molecule has 1 unspecified atom stereocenters. The summed E-state index contributed by atoms with van der Waals surface area (Å²) >= 11 is 12.5. The maximum atomic E-state index is 12.8. The van der Waals surface area contributed by atoms with Crippen molar-refractivity contribution in [1.29, 1.82) is 0 Å². The number of aromatic nitrogens is 3. The number of hydrogen-bond donors (Lipinski definition) is 1. The van der Waals surface area contributed by atoms with Crippen molar-refractivity contribution >= 4 is 29.1 Å². The van der Waals surface area contributed by atoms with Crippen LogP contribution in [0.5, 0.6) is 0 Å². The summed E-state index contributed by atoms with van der Waals surface area (Å²) in [7, 11) is 0. The lowest BCUT2D eigenvalue weighted by Gasteiger charge is -2.34. The highest BCUT2D eigenvalue weighted by Crippen LogP contribution is 2.28. The lowest BCUT2D eigenvalue weighted by atomic mass is 10.0. The number of halogens is 2. The molecule has 0 bridgehead atoms. The number of carbonyl (C=O) groups is 1. The molecule has 0 saturated carbocycles. The Kier molecular flexibility index (Phi) is 5.08. The van der Waals surface area contributed by atoms with Gasteiger partial charge in [-0.25, -0.2) is 9.67 Å². The largest absolute Gasteiger partial charge is 0.332 e. The number of para-hydroxylation sites is 1. The molecular weight excluding hydrogens is 349 g/mol. The van der Waals surface area contributed by atoms with Crippen LogP contribution in [0.3, 0.4) is 0 Å². The predicted molar refractivity (Wildman–Crippen MR) is 93.8 cm³/mol. The number of piperidine rings is 1. The molecule has 1 saturated heterocycles. The van der Waals surface area contributed by atoms with Gasteiger partial charge < -0.3 is 10.6 Å². The normalized spacial score (nSPS) is 18.0. The van der Waals surface area contributed by atoms with E-state index in [1.807, 2.05) is 0 Å². The Hall–Kier alpha value is -1.63. The zero-order valence-electron chi connectivity index (χ0n) is 13.4. The lowest BCUT2D eigenvalue weighted by molar-refractivity contribution is 0.0610. The molecule has 128 valence electrons. The second-order valence-electron chi connectivity index (χ2n) is 5.85. The van der Waals surface area contributed by atoms with Crippen molar-refractivity contribution in [3.8, 4) is 5.69 Å². The van der Waals surface area contributed by atoms with Crippen LogP contribution in [0.15, 0.2) is 18.2 Å². The maximum Gasteiger partial charge on any atom is 0.293 e. The standard InChI is InChI=1S/C16H19Cl2N5O/c1-10-20-15(16(24)22-8-3-2-5-11(22)9-19)21-23(10)14-12(17)6-4-7-13(14)18/h4,6-7,11H,2-3,5,8-9,19H2,1H3. The van der Waals surface area contributed by atoms with Gasteiger partial charge in [0.15, 0.2) is 0 Å². The van der Waals surface area contributed by atoms with Crippen LogP contribution < -0.4 is 5.73 Å². The molecule has 1 aromatic heterocycles. The molecule has 8 heteroatoms. The van der Waals surface area contributed by atoms with Gasteiger partial charge in [-0.1, -0.05) is 29.3 Å². The Labute approximate surface area is 150 Å². The van der Waals surface area contributed by atoms with Crippen molar-refractivity contribution in [2.24, 2.45) is 5.73 Å². The molecule has 1 fully saturated rings. The quantitative estimate of drug-likeness (QED) is 0.904. The number of nitrogens with zero attached hydrogens (tertiary/aromatic N) is 4. The Morgan fingerprint density at radius 3 is 2.71 bits per heavy atom. The van der Waals surface area contributed by atoms with Crippen LogP contribution in [-0.2, 0) is 0 Å². The monoisotopic (exact) mass is 367 g/mol. The molecule has 1 aromatic carbocycles. The van der Waals surface area contributed by atoms with E-state index in [-0.39, 0.29) is 17.8 Å². The molecule has 0 spiro atoms. The van der Waals surface area contributed by atoms with Crippen LogP contribution in [-0.4, -0.2) is 44.7 Å². The topological polar surface area (TPSA) is 77.0 Å². The number of aryl methyl sites for hydroxylation is 1. The van der Waals surface area contributed by atoms with E-state index in [1.54, 1.807) is 30.0 Å². The third-order valence-corrected chi connectivity index (χ3v) is 4.88. The minimum atomic E-state index is -0.199. The van der Waals surface area contributed by atoms with Gasteiger partial charge in [0, 0.05) is 19.1 Å². The van der Waals surface area contributed by atoms with Crippen molar-refractivity contribution in [2.75, 3.05) is 13.1 Å². The zero-order chi connectivity index (χ0) is 17.3. The van der Waals surface area contributed by atoms with Gasteiger partial charge in [0.05, 0.1) is 10.0 Å². The van der Waals surface area contributed by atoms with Gasteiger partial charge in [0.2, 0.25) is 5.82 Å². The second-order valence-corrected chi connectivity index (χ2v) is 6.66. The highest BCUT2D eigenvalue weighted by molar-refractivity contribution is 6.37. The van der Waals surface area contributed by atoms with E-state index in [0.717, 1.165) is 19.3 Å². The average Bonchev–Trinajstić information content (AvgIpc) is 2.95. The number of amides is 1. The summed E-state index contributed by atoms with van der Waals surface area (Å²) in [6, 6.07) is 5.25. The van der Waals surface area contributed by atoms with Gasteiger partial charge >= 0.3 is 0 Å². The molecule has 2 aromatic rings. The van der Waals surface area contributed by atoms with Gasteiger partial charge in [0.25, 0.3) is 5.91 Å². The molecule has 6 nitrogen and oxygen atoms in total. The maximum absolute atomic E-state index is 12.8. The molecule has 1 amide bonds. The number of hydrogen-bond acceptors (Lipinski definition) is 4. The van der Waals surface area contributed by atoms with Crippen molar-refractivity contribution in [2.45, 2.75) is 32.2 Å². The van der Waals surface area contributed by atoms with Gasteiger partial charge in [-0.05, 0) is 38.3 Å². The molecule has 2 N–H and O–H groups in total. The summed E-state index contributed by atoms with van der Waals surface area (Å²) in [6.45, 7) is 2.89. The van der Waals surface area contributed by atoms with E-state index >= 15 is 0 Å².